The molecule has 0 aliphatic rings. The highest BCUT2D eigenvalue weighted by atomic mass is 35.5. The number of nitrogens with zero attached hydrogens (tertiary/aromatic N) is 1. The number of halogens is 1. The molecule has 0 bridgehead atoms. The molecule has 2 N–H and O–H groups in total. The first-order valence-electron chi connectivity index (χ1n) is 5.64. The number of amides is 1. The summed E-state index contributed by atoms with van der Waals surface area (Å²) in [7, 11) is 1.62. The third kappa shape index (κ3) is 2.54. The minimum Gasteiger partial charge on any atom is -0.373 e. The molecular formula is C13H14ClN3O. The Kier molecular flexibility index (Phi) is 3.67. The van der Waals surface area contributed by atoms with Gasteiger partial charge < -0.3 is 10.6 Å². The van der Waals surface area contributed by atoms with Crippen molar-refractivity contribution in [1.29, 1.82) is 0 Å². The predicted octanol–water partition coefficient (Wildman–Crippen LogP) is 2.43. The van der Waals surface area contributed by atoms with E-state index in [9.17, 15) is 4.79 Å². The van der Waals surface area contributed by atoms with Gasteiger partial charge in [-0.05, 0) is 31.2 Å². The fourth-order valence-electron chi connectivity index (χ4n) is 1.76. The molecule has 0 fully saturated rings. The normalized spacial score (nSPS) is 12.2. The van der Waals surface area contributed by atoms with E-state index in [-0.39, 0.29) is 11.9 Å². The number of benzene rings is 1. The molecule has 1 atom stereocenters. The van der Waals surface area contributed by atoms with Gasteiger partial charge in [0.25, 0.3) is 0 Å². The number of fused-ring (bicyclic) bond motifs is 1. The molecule has 1 unspecified atom stereocenters. The van der Waals surface area contributed by atoms with E-state index in [1.54, 1.807) is 32.3 Å². The maximum absolute atomic E-state index is 11.5. The molecule has 1 amide bonds. The van der Waals surface area contributed by atoms with Gasteiger partial charge in [-0.15, -0.1) is 0 Å². The molecule has 0 aliphatic carbocycles. The highest BCUT2D eigenvalue weighted by molar-refractivity contribution is 6.31. The molecule has 1 aromatic carbocycles. The summed E-state index contributed by atoms with van der Waals surface area (Å²) in [6.07, 6.45) is 1.69. The van der Waals surface area contributed by atoms with Crippen molar-refractivity contribution < 1.29 is 4.79 Å². The highest BCUT2D eigenvalue weighted by Crippen LogP contribution is 2.24. The molecule has 4 nitrogen and oxygen atoms in total. The Hall–Kier alpha value is -1.81. The van der Waals surface area contributed by atoms with Crippen LogP contribution in [-0.2, 0) is 4.79 Å². The van der Waals surface area contributed by atoms with Gasteiger partial charge in [-0.25, -0.2) is 0 Å². The molecule has 2 rings (SSSR count). The second-order valence-corrected chi connectivity index (χ2v) is 4.44. The Labute approximate surface area is 110 Å². The minimum atomic E-state index is -0.309. The van der Waals surface area contributed by atoms with E-state index in [2.05, 4.69) is 15.6 Å². The first-order chi connectivity index (χ1) is 8.61. The van der Waals surface area contributed by atoms with Gasteiger partial charge in [0.1, 0.15) is 6.04 Å². The maximum atomic E-state index is 11.5. The fraction of sp³-hybridized carbons (Fsp3) is 0.231. The summed E-state index contributed by atoms with van der Waals surface area (Å²) in [6, 6.07) is 7.03. The second kappa shape index (κ2) is 5.23. The standard InChI is InChI=1S/C13H14ClN3O/c1-8(13(18)15-2)17-11-5-6-16-12-7-9(14)3-4-10(11)12/h3-8H,1-2H3,(H,15,18)(H,16,17). The summed E-state index contributed by atoms with van der Waals surface area (Å²) >= 11 is 5.93. The number of anilines is 1. The molecule has 94 valence electrons. The van der Waals surface area contributed by atoms with Crippen LogP contribution in [0.1, 0.15) is 6.92 Å². The van der Waals surface area contributed by atoms with Crippen molar-refractivity contribution in [3.05, 3.63) is 35.5 Å². The van der Waals surface area contributed by atoms with Gasteiger partial charge in [0, 0.05) is 29.3 Å². The first kappa shape index (κ1) is 12.6. The van der Waals surface area contributed by atoms with Crippen molar-refractivity contribution >= 4 is 34.1 Å². The van der Waals surface area contributed by atoms with Gasteiger partial charge in [0.15, 0.2) is 0 Å². The quantitative estimate of drug-likeness (QED) is 0.894. The highest BCUT2D eigenvalue weighted by Gasteiger charge is 2.12. The van der Waals surface area contributed by atoms with Gasteiger partial charge in [-0.3, -0.25) is 9.78 Å². The van der Waals surface area contributed by atoms with E-state index < -0.39 is 0 Å². The summed E-state index contributed by atoms with van der Waals surface area (Å²) in [5, 5.41) is 7.35. The molecule has 5 heteroatoms. The van der Waals surface area contributed by atoms with E-state index >= 15 is 0 Å². The third-order valence-corrected chi connectivity index (χ3v) is 2.95. The van der Waals surface area contributed by atoms with Gasteiger partial charge >= 0.3 is 0 Å². The molecular weight excluding hydrogens is 250 g/mol. The fourth-order valence-corrected chi connectivity index (χ4v) is 1.93. The van der Waals surface area contributed by atoms with Crippen molar-refractivity contribution in [2.24, 2.45) is 0 Å². The lowest BCUT2D eigenvalue weighted by Crippen LogP contribution is -2.35. The van der Waals surface area contributed by atoms with Crippen LogP contribution in [-0.4, -0.2) is 24.0 Å². The number of pyridine rings is 1. The van der Waals surface area contributed by atoms with Crippen LogP contribution in [0.5, 0.6) is 0 Å². The average Bonchev–Trinajstić information content (AvgIpc) is 2.37. The number of hydrogen-bond acceptors (Lipinski definition) is 3. The summed E-state index contributed by atoms with van der Waals surface area (Å²) in [4.78, 5) is 15.7. The van der Waals surface area contributed by atoms with Crippen LogP contribution in [0.2, 0.25) is 5.02 Å². The van der Waals surface area contributed by atoms with Gasteiger partial charge in [-0.2, -0.15) is 0 Å². The maximum Gasteiger partial charge on any atom is 0.241 e. The lowest BCUT2D eigenvalue weighted by Gasteiger charge is -2.15. The minimum absolute atomic E-state index is 0.0612. The zero-order valence-electron chi connectivity index (χ0n) is 10.2. The van der Waals surface area contributed by atoms with Gasteiger partial charge in [-0.1, -0.05) is 11.6 Å². The number of likely N-dealkylation sites (N-methyl/N-ethyl adjacent to an activating group) is 1. The molecule has 18 heavy (non-hydrogen) atoms. The second-order valence-electron chi connectivity index (χ2n) is 4.00. The van der Waals surface area contributed by atoms with Crippen LogP contribution in [0.15, 0.2) is 30.5 Å². The molecule has 0 saturated heterocycles. The Balaban J connectivity index is 2.36. The Morgan fingerprint density at radius 3 is 2.89 bits per heavy atom. The number of nitrogens with one attached hydrogen (secondary N) is 2. The molecule has 1 aromatic heterocycles. The van der Waals surface area contributed by atoms with Crippen molar-refractivity contribution in [2.45, 2.75) is 13.0 Å². The summed E-state index contributed by atoms with van der Waals surface area (Å²) < 4.78 is 0. The average molecular weight is 264 g/mol. The largest absolute Gasteiger partial charge is 0.373 e. The third-order valence-electron chi connectivity index (χ3n) is 2.72. The Morgan fingerprint density at radius 1 is 1.39 bits per heavy atom. The van der Waals surface area contributed by atoms with E-state index in [4.69, 9.17) is 11.6 Å². The zero-order chi connectivity index (χ0) is 13.1. The van der Waals surface area contributed by atoms with Crippen LogP contribution >= 0.6 is 11.6 Å². The molecule has 0 aliphatic heterocycles. The van der Waals surface area contributed by atoms with Crippen LogP contribution in [0.3, 0.4) is 0 Å². The topological polar surface area (TPSA) is 54.0 Å². The lowest BCUT2D eigenvalue weighted by atomic mass is 10.1. The summed E-state index contributed by atoms with van der Waals surface area (Å²) in [5.74, 6) is -0.0612. The van der Waals surface area contributed by atoms with Crippen LogP contribution in [0, 0.1) is 0 Å². The summed E-state index contributed by atoms with van der Waals surface area (Å²) in [6.45, 7) is 1.81. The van der Waals surface area contributed by atoms with Crippen molar-refractivity contribution in [3.8, 4) is 0 Å². The van der Waals surface area contributed by atoms with Crippen molar-refractivity contribution in [3.63, 3.8) is 0 Å². The summed E-state index contributed by atoms with van der Waals surface area (Å²) in [5.41, 5.74) is 1.67. The Morgan fingerprint density at radius 2 is 2.17 bits per heavy atom. The van der Waals surface area contributed by atoms with E-state index in [1.807, 2.05) is 12.1 Å². The van der Waals surface area contributed by atoms with Gasteiger partial charge in [0.05, 0.1) is 5.52 Å². The number of carbonyl (C=O) groups excluding carboxylic acids is 1. The van der Waals surface area contributed by atoms with Crippen LogP contribution in [0.4, 0.5) is 5.69 Å². The number of carbonyl (C=O) groups is 1. The van der Waals surface area contributed by atoms with E-state index in [0.717, 1.165) is 16.6 Å². The molecule has 0 spiro atoms. The zero-order valence-corrected chi connectivity index (χ0v) is 11.0. The van der Waals surface area contributed by atoms with E-state index in [1.165, 1.54) is 0 Å². The number of hydrogen-bond donors (Lipinski definition) is 2. The molecule has 1 heterocycles. The Bertz CT molecular complexity index is 585. The van der Waals surface area contributed by atoms with Crippen LogP contribution < -0.4 is 10.6 Å². The number of rotatable bonds is 3. The van der Waals surface area contributed by atoms with Crippen molar-refractivity contribution in [1.82, 2.24) is 10.3 Å². The molecule has 2 aromatic rings. The van der Waals surface area contributed by atoms with E-state index in [0.29, 0.717) is 5.02 Å². The lowest BCUT2D eigenvalue weighted by molar-refractivity contribution is -0.121. The van der Waals surface area contributed by atoms with Crippen molar-refractivity contribution in [2.75, 3.05) is 12.4 Å². The molecule has 0 saturated carbocycles. The monoisotopic (exact) mass is 263 g/mol. The van der Waals surface area contributed by atoms with Gasteiger partial charge in [0.2, 0.25) is 5.91 Å². The first-order valence-corrected chi connectivity index (χ1v) is 6.02. The number of aromatic nitrogens is 1. The SMILES string of the molecule is CNC(=O)C(C)Nc1ccnc2cc(Cl)ccc12. The molecule has 0 radical (unpaired) electrons. The predicted molar refractivity (Wildman–Crippen MR) is 73.9 cm³/mol. The smallest absolute Gasteiger partial charge is 0.241 e. The van der Waals surface area contributed by atoms with Crippen LogP contribution in [0.25, 0.3) is 10.9 Å².